The van der Waals surface area contributed by atoms with Crippen LogP contribution in [0.3, 0.4) is 0 Å². The SMILES string of the molecule is Cc1ccc(C(=O)NC2CCN(CC(=O)c3cc(C)n(Cc4ccc(F)cc4)c3C)CC2)o1. The van der Waals surface area contributed by atoms with Crippen LogP contribution in [0.5, 0.6) is 0 Å². The lowest BCUT2D eigenvalue weighted by Gasteiger charge is -2.31. The van der Waals surface area contributed by atoms with Gasteiger partial charge in [0, 0.05) is 42.6 Å². The fraction of sp³-hybridized carbons (Fsp3) is 0.385. The summed E-state index contributed by atoms with van der Waals surface area (Å²) < 4.78 is 20.7. The van der Waals surface area contributed by atoms with Gasteiger partial charge in [0.1, 0.15) is 11.6 Å². The maximum atomic E-state index is 13.2. The number of halogens is 1. The molecule has 1 saturated heterocycles. The van der Waals surface area contributed by atoms with Gasteiger partial charge in [-0.05, 0) is 69.5 Å². The molecule has 0 bridgehead atoms. The number of ketones is 1. The van der Waals surface area contributed by atoms with Crippen molar-refractivity contribution in [2.24, 2.45) is 0 Å². The van der Waals surface area contributed by atoms with Crippen LogP contribution < -0.4 is 5.32 Å². The van der Waals surface area contributed by atoms with Crippen LogP contribution in [-0.2, 0) is 6.54 Å². The topological polar surface area (TPSA) is 67.5 Å². The van der Waals surface area contributed by atoms with Crippen molar-refractivity contribution < 1.29 is 18.4 Å². The minimum atomic E-state index is -0.255. The highest BCUT2D eigenvalue weighted by Gasteiger charge is 2.25. The van der Waals surface area contributed by atoms with Crippen LogP contribution >= 0.6 is 0 Å². The van der Waals surface area contributed by atoms with Crippen LogP contribution in [-0.4, -0.2) is 46.8 Å². The van der Waals surface area contributed by atoms with E-state index in [1.807, 2.05) is 26.8 Å². The molecule has 0 aliphatic carbocycles. The predicted molar refractivity (Wildman–Crippen MR) is 124 cm³/mol. The van der Waals surface area contributed by atoms with Crippen molar-refractivity contribution in [1.29, 1.82) is 0 Å². The lowest BCUT2D eigenvalue weighted by atomic mass is 10.0. The summed E-state index contributed by atoms with van der Waals surface area (Å²) in [5.41, 5.74) is 3.66. The summed E-state index contributed by atoms with van der Waals surface area (Å²) in [5, 5.41) is 3.03. The van der Waals surface area contributed by atoms with Crippen LogP contribution in [0.4, 0.5) is 4.39 Å². The van der Waals surface area contributed by atoms with E-state index in [9.17, 15) is 14.0 Å². The van der Waals surface area contributed by atoms with Gasteiger partial charge in [-0.1, -0.05) is 12.1 Å². The van der Waals surface area contributed by atoms with Gasteiger partial charge in [-0.15, -0.1) is 0 Å². The highest BCUT2D eigenvalue weighted by molar-refractivity contribution is 5.99. The largest absolute Gasteiger partial charge is 0.456 e. The van der Waals surface area contributed by atoms with Crippen molar-refractivity contribution in [2.75, 3.05) is 19.6 Å². The Hall–Kier alpha value is -3.19. The second-order valence-corrected chi connectivity index (χ2v) is 8.85. The average Bonchev–Trinajstić information content (AvgIpc) is 3.35. The highest BCUT2D eigenvalue weighted by Crippen LogP contribution is 2.20. The Labute approximate surface area is 193 Å². The molecule has 0 unspecified atom stereocenters. The van der Waals surface area contributed by atoms with Crippen LogP contribution in [0.2, 0.25) is 0 Å². The van der Waals surface area contributed by atoms with Gasteiger partial charge in [-0.25, -0.2) is 4.39 Å². The van der Waals surface area contributed by atoms with Crippen molar-refractivity contribution in [2.45, 2.75) is 46.2 Å². The van der Waals surface area contributed by atoms with Gasteiger partial charge in [0.2, 0.25) is 0 Å². The molecule has 1 aliphatic rings. The molecule has 0 spiro atoms. The van der Waals surface area contributed by atoms with E-state index in [1.54, 1.807) is 24.3 Å². The molecule has 174 valence electrons. The normalized spacial score (nSPS) is 15.0. The molecule has 3 aromatic rings. The Kier molecular flexibility index (Phi) is 6.79. The number of piperidine rings is 1. The number of Topliss-reactive ketones (excluding diaryl/α,β-unsaturated/α-hetero) is 1. The number of aryl methyl sites for hydroxylation is 2. The molecule has 0 atom stereocenters. The molecular weight excluding hydrogens is 421 g/mol. The standard InChI is InChI=1S/C26H30FN3O3/c1-17-14-23(19(3)30(17)15-20-5-7-21(27)8-6-20)24(31)16-29-12-10-22(11-13-29)28-26(32)25-9-4-18(2)33-25/h4-9,14,22H,10-13,15-16H2,1-3H3,(H,28,32). The van der Waals surface area contributed by atoms with Crippen molar-refractivity contribution >= 4 is 11.7 Å². The molecule has 2 aromatic heterocycles. The fourth-order valence-corrected chi connectivity index (χ4v) is 4.44. The summed E-state index contributed by atoms with van der Waals surface area (Å²) in [6, 6.07) is 11.9. The minimum absolute atomic E-state index is 0.0787. The maximum Gasteiger partial charge on any atom is 0.287 e. The number of rotatable bonds is 7. The number of aromatic nitrogens is 1. The molecule has 1 fully saturated rings. The molecule has 1 aliphatic heterocycles. The van der Waals surface area contributed by atoms with Crippen LogP contribution in [0.15, 0.2) is 46.9 Å². The van der Waals surface area contributed by atoms with E-state index in [0.717, 1.165) is 48.4 Å². The first-order chi connectivity index (χ1) is 15.8. The first kappa shape index (κ1) is 23.0. The fourth-order valence-electron chi connectivity index (χ4n) is 4.44. The van der Waals surface area contributed by atoms with Crippen LogP contribution in [0.25, 0.3) is 0 Å². The van der Waals surface area contributed by atoms with Gasteiger partial charge in [-0.3, -0.25) is 14.5 Å². The third-order valence-corrected chi connectivity index (χ3v) is 6.38. The number of hydrogen-bond donors (Lipinski definition) is 1. The molecule has 6 nitrogen and oxygen atoms in total. The Bertz CT molecular complexity index is 1140. The number of benzene rings is 1. The number of hydrogen-bond acceptors (Lipinski definition) is 4. The molecule has 1 aromatic carbocycles. The van der Waals surface area contributed by atoms with Gasteiger partial charge in [0.25, 0.3) is 5.91 Å². The summed E-state index contributed by atoms with van der Waals surface area (Å²) >= 11 is 0. The van der Waals surface area contributed by atoms with Crippen molar-refractivity contribution in [3.63, 3.8) is 0 Å². The minimum Gasteiger partial charge on any atom is -0.456 e. The Morgan fingerprint density at radius 3 is 2.39 bits per heavy atom. The third-order valence-electron chi connectivity index (χ3n) is 6.38. The zero-order chi connectivity index (χ0) is 23.5. The summed E-state index contributed by atoms with van der Waals surface area (Å²) in [7, 11) is 0. The number of nitrogens with zero attached hydrogens (tertiary/aromatic N) is 2. The summed E-state index contributed by atoms with van der Waals surface area (Å²) in [6.45, 7) is 8.23. The first-order valence-electron chi connectivity index (χ1n) is 11.3. The van der Waals surface area contributed by atoms with Crippen molar-refractivity contribution in [3.05, 3.63) is 82.3 Å². The number of likely N-dealkylation sites (tertiary alicyclic amines) is 1. The van der Waals surface area contributed by atoms with E-state index in [4.69, 9.17) is 4.42 Å². The second kappa shape index (κ2) is 9.75. The number of furan rings is 1. The van der Waals surface area contributed by atoms with Gasteiger partial charge >= 0.3 is 0 Å². The zero-order valence-corrected chi connectivity index (χ0v) is 19.4. The van der Waals surface area contributed by atoms with Gasteiger partial charge in [-0.2, -0.15) is 0 Å². The molecular formula is C26H30FN3O3. The Balaban J connectivity index is 1.32. The zero-order valence-electron chi connectivity index (χ0n) is 19.4. The number of carbonyl (C=O) groups is 2. The molecule has 1 amide bonds. The Morgan fingerprint density at radius 1 is 1.06 bits per heavy atom. The summed E-state index contributed by atoms with van der Waals surface area (Å²) in [4.78, 5) is 27.5. The van der Waals surface area contributed by atoms with Crippen molar-refractivity contribution in [1.82, 2.24) is 14.8 Å². The maximum absolute atomic E-state index is 13.2. The molecule has 3 heterocycles. The Morgan fingerprint density at radius 2 is 1.76 bits per heavy atom. The quantitative estimate of drug-likeness (QED) is 0.545. The van der Waals surface area contributed by atoms with Crippen LogP contribution in [0.1, 0.15) is 56.5 Å². The summed E-state index contributed by atoms with van der Waals surface area (Å²) in [5.74, 6) is 0.704. The smallest absolute Gasteiger partial charge is 0.287 e. The predicted octanol–water partition coefficient (Wildman–Crippen LogP) is 4.27. The van der Waals surface area contributed by atoms with E-state index in [2.05, 4.69) is 14.8 Å². The van der Waals surface area contributed by atoms with Gasteiger partial charge < -0.3 is 14.3 Å². The van der Waals surface area contributed by atoms with Crippen LogP contribution in [0, 0.1) is 26.6 Å². The molecule has 4 rings (SSSR count). The van der Waals surface area contributed by atoms with Crippen molar-refractivity contribution in [3.8, 4) is 0 Å². The van der Waals surface area contributed by atoms with E-state index in [0.29, 0.717) is 24.6 Å². The van der Waals surface area contributed by atoms with Gasteiger partial charge in [0.05, 0.1) is 6.54 Å². The molecule has 0 radical (unpaired) electrons. The van der Waals surface area contributed by atoms with E-state index in [1.165, 1.54) is 12.1 Å². The second-order valence-electron chi connectivity index (χ2n) is 8.85. The summed E-state index contributed by atoms with van der Waals surface area (Å²) in [6.07, 6.45) is 1.59. The third kappa shape index (κ3) is 5.42. The highest BCUT2D eigenvalue weighted by atomic mass is 19.1. The lowest BCUT2D eigenvalue weighted by molar-refractivity contribution is 0.0843. The first-order valence-corrected chi connectivity index (χ1v) is 11.3. The average molecular weight is 452 g/mol. The molecule has 33 heavy (non-hydrogen) atoms. The van der Waals surface area contributed by atoms with Gasteiger partial charge in [0.15, 0.2) is 11.5 Å². The monoisotopic (exact) mass is 451 g/mol. The molecule has 1 N–H and O–H groups in total. The number of carbonyl (C=O) groups excluding carboxylic acids is 2. The number of nitrogens with one attached hydrogen (secondary N) is 1. The number of amides is 1. The van der Waals surface area contributed by atoms with E-state index >= 15 is 0 Å². The van der Waals surface area contributed by atoms with E-state index in [-0.39, 0.29) is 23.5 Å². The molecule has 7 heteroatoms. The molecule has 0 saturated carbocycles. The lowest BCUT2D eigenvalue weighted by Crippen LogP contribution is -2.45. The van der Waals surface area contributed by atoms with E-state index < -0.39 is 0 Å².